The Morgan fingerprint density at radius 2 is 1.57 bits per heavy atom. The standard InChI is InChI=1S/CH2F2N2O.ClH/c2-4-1(6)5-3;/h(H2,4,5,6);1H. The summed E-state index contributed by atoms with van der Waals surface area (Å²) >= 11 is 0. The Hall–Kier alpha value is -0.580. The molecule has 0 atom stereocenters. The maximum atomic E-state index is 10.5. The van der Waals surface area contributed by atoms with E-state index in [0.717, 1.165) is 0 Å². The van der Waals surface area contributed by atoms with Crippen molar-refractivity contribution in [3.63, 3.8) is 0 Å². The fourth-order valence-electron chi connectivity index (χ4n) is 0.0179. The normalized spacial score (nSPS) is 6.00. The summed E-state index contributed by atoms with van der Waals surface area (Å²) in [5, 5.41) is 0. The first kappa shape index (κ1) is 9.65. The molecule has 2 amide bonds. The molecule has 0 saturated heterocycles. The summed E-state index contributed by atoms with van der Waals surface area (Å²) in [4.78, 5) is 9.21. The molecule has 44 valence electrons. The van der Waals surface area contributed by atoms with Gasteiger partial charge in [-0.15, -0.1) is 12.4 Å². The van der Waals surface area contributed by atoms with E-state index in [4.69, 9.17) is 0 Å². The zero-order chi connectivity index (χ0) is 4.99. The van der Waals surface area contributed by atoms with E-state index in [0.29, 0.717) is 11.1 Å². The summed E-state index contributed by atoms with van der Waals surface area (Å²) in [6.07, 6.45) is 0. The molecule has 0 aliphatic carbocycles. The molecular formula is CH3ClF2N2O. The van der Waals surface area contributed by atoms with E-state index < -0.39 is 6.03 Å². The average Bonchev–Trinajstić information content (AvgIpc) is 1.65. The molecule has 2 N–H and O–H groups in total. The van der Waals surface area contributed by atoms with Crippen molar-refractivity contribution in [2.75, 3.05) is 0 Å². The van der Waals surface area contributed by atoms with Crippen LogP contribution in [0.25, 0.3) is 0 Å². The lowest BCUT2D eigenvalue weighted by Gasteiger charge is -1.82. The Bertz CT molecular complexity index is 53.7. The quantitative estimate of drug-likeness (QED) is 0.463. The van der Waals surface area contributed by atoms with Gasteiger partial charge in [0, 0.05) is 0 Å². The highest BCUT2D eigenvalue weighted by atomic mass is 35.5. The minimum Gasteiger partial charge on any atom is -0.244 e. The highest BCUT2D eigenvalue weighted by Crippen LogP contribution is 1.58. The molecule has 0 fully saturated rings. The van der Waals surface area contributed by atoms with Gasteiger partial charge in [-0.25, -0.2) is 4.79 Å². The molecule has 3 nitrogen and oxygen atoms in total. The molecule has 0 unspecified atom stereocenters. The highest BCUT2D eigenvalue weighted by molar-refractivity contribution is 5.85. The van der Waals surface area contributed by atoms with Gasteiger partial charge in [0.1, 0.15) is 0 Å². The first-order chi connectivity index (χ1) is 2.81. The van der Waals surface area contributed by atoms with Gasteiger partial charge in [0.2, 0.25) is 0 Å². The topological polar surface area (TPSA) is 41.1 Å². The van der Waals surface area contributed by atoms with Crippen molar-refractivity contribution in [3.8, 4) is 0 Å². The summed E-state index contributed by atoms with van der Waals surface area (Å²) in [5.74, 6) is 0. The number of hydrogen-bond donors (Lipinski definition) is 2. The van der Waals surface area contributed by atoms with Crippen molar-refractivity contribution in [3.05, 3.63) is 0 Å². The minimum atomic E-state index is -1.49. The van der Waals surface area contributed by atoms with Crippen molar-refractivity contribution >= 4 is 18.4 Å². The van der Waals surface area contributed by atoms with Crippen LogP contribution in [0.3, 0.4) is 0 Å². The van der Waals surface area contributed by atoms with E-state index in [1.165, 1.54) is 0 Å². The maximum absolute atomic E-state index is 10.5. The van der Waals surface area contributed by atoms with Crippen molar-refractivity contribution in [2.45, 2.75) is 0 Å². The van der Waals surface area contributed by atoms with Crippen LogP contribution < -0.4 is 11.1 Å². The predicted molar refractivity (Wildman–Crippen MR) is 21.1 cm³/mol. The van der Waals surface area contributed by atoms with E-state index >= 15 is 0 Å². The van der Waals surface area contributed by atoms with Crippen molar-refractivity contribution < 1.29 is 13.8 Å². The second kappa shape index (κ2) is 5.42. The largest absolute Gasteiger partial charge is 0.370 e. The highest BCUT2D eigenvalue weighted by Gasteiger charge is 1.89. The molecule has 0 spiro atoms. The SMILES string of the molecule is Cl.O=C(NF)NF. The minimum absolute atomic E-state index is 0. The van der Waals surface area contributed by atoms with Crippen LogP contribution in [0.15, 0.2) is 0 Å². The lowest BCUT2D eigenvalue weighted by Crippen LogP contribution is -2.22. The molecule has 7 heavy (non-hydrogen) atoms. The van der Waals surface area contributed by atoms with Gasteiger partial charge >= 0.3 is 6.03 Å². The van der Waals surface area contributed by atoms with Crippen LogP contribution in [0.5, 0.6) is 0 Å². The predicted octanol–water partition coefficient (Wildman–Crippen LogP) is 0.476. The van der Waals surface area contributed by atoms with Crippen LogP contribution in [-0.2, 0) is 0 Å². The van der Waals surface area contributed by atoms with Crippen LogP contribution in [0.1, 0.15) is 0 Å². The summed E-state index contributed by atoms with van der Waals surface area (Å²) in [7, 11) is 0. The number of carbonyl (C=O) groups excluding carboxylic acids is 1. The first-order valence-corrected chi connectivity index (χ1v) is 1.08. The van der Waals surface area contributed by atoms with Gasteiger partial charge in [0.05, 0.1) is 0 Å². The molecule has 0 radical (unpaired) electrons. The van der Waals surface area contributed by atoms with Gasteiger partial charge in [-0.05, 0) is 0 Å². The third-order valence-corrected chi connectivity index (χ3v) is 0.172. The van der Waals surface area contributed by atoms with Crippen molar-refractivity contribution in [2.24, 2.45) is 0 Å². The zero-order valence-corrected chi connectivity index (χ0v) is 3.89. The fourth-order valence-corrected chi connectivity index (χ4v) is 0.0179. The summed E-state index contributed by atoms with van der Waals surface area (Å²) in [5.41, 5.74) is 0.979. The van der Waals surface area contributed by atoms with E-state index in [2.05, 4.69) is 0 Å². The Balaban J connectivity index is 0. The third kappa shape index (κ3) is 5.42. The monoisotopic (exact) mass is 132 g/mol. The van der Waals surface area contributed by atoms with Crippen LogP contribution in [0.4, 0.5) is 13.8 Å². The van der Waals surface area contributed by atoms with E-state index in [1.54, 1.807) is 0 Å². The van der Waals surface area contributed by atoms with Crippen LogP contribution in [0.2, 0.25) is 0 Å². The van der Waals surface area contributed by atoms with E-state index in [9.17, 15) is 13.8 Å². The maximum Gasteiger partial charge on any atom is 0.370 e. The molecule has 0 aromatic carbocycles. The Kier molecular flexibility index (Phi) is 7.47. The van der Waals surface area contributed by atoms with Crippen LogP contribution >= 0.6 is 12.4 Å². The molecule has 0 heterocycles. The van der Waals surface area contributed by atoms with Gasteiger partial charge in [-0.3, -0.25) is 0 Å². The number of nitrogens with one attached hydrogen (secondary N) is 2. The summed E-state index contributed by atoms with van der Waals surface area (Å²) in [6, 6.07) is -1.49. The number of halogens is 3. The number of amides is 2. The lowest BCUT2D eigenvalue weighted by molar-refractivity contribution is 0.194. The van der Waals surface area contributed by atoms with E-state index in [1.807, 2.05) is 0 Å². The molecule has 0 aliphatic rings. The zero-order valence-electron chi connectivity index (χ0n) is 3.07. The average molecular weight is 132 g/mol. The van der Waals surface area contributed by atoms with Crippen molar-refractivity contribution in [1.82, 2.24) is 11.1 Å². The molecule has 0 rings (SSSR count). The van der Waals surface area contributed by atoms with Crippen molar-refractivity contribution in [1.29, 1.82) is 0 Å². The second-order valence-electron chi connectivity index (χ2n) is 0.518. The van der Waals surface area contributed by atoms with Gasteiger partial charge in [-0.1, -0.05) is 8.96 Å². The molecule has 0 saturated carbocycles. The lowest BCUT2D eigenvalue weighted by atomic mass is 11.2. The summed E-state index contributed by atoms with van der Waals surface area (Å²) in [6.45, 7) is 0. The molecule has 0 aliphatic heterocycles. The molecule has 0 aromatic rings. The van der Waals surface area contributed by atoms with Gasteiger partial charge in [0.15, 0.2) is 0 Å². The Labute approximate surface area is 44.4 Å². The molecule has 0 bridgehead atoms. The Morgan fingerprint density at radius 3 is 1.57 bits per heavy atom. The molecular weight excluding hydrogens is 129 g/mol. The van der Waals surface area contributed by atoms with Crippen LogP contribution in [-0.4, -0.2) is 6.03 Å². The number of rotatable bonds is 0. The number of urea groups is 1. The third-order valence-electron chi connectivity index (χ3n) is 0.172. The second-order valence-corrected chi connectivity index (χ2v) is 0.518. The fraction of sp³-hybridized carbons (Fsp3) is 0. The van der Waals surface area contributed by atoms with Gasteiger partial charge in [-0.2, -0.15) is 11.1 Å². The molecule has 6 heteroatoms. The van der Waals surface area contributed by atoms with Gasteiger partial charge in [0.25, 0.3) is 0 Å². The molecule has 0 aromatic heterocycles. The number of hydrogen-bond acceptors (Lipinski definition) is 1. The van der Waals surface area contributed by atoms with Gasteiger partial charge < -0.3 is 0 Å². The summed E-state index contributed by atoms with van der Waals surface area (Å²) < 4.78 is 21.0. The first-order valence-electron chi connectivity index (χ1n) is 1.08. The smallest absolute Gasteiger partial charge is 0.244 e. The Morgan fingerprint density at radius 1 is 1.29 bits per heavy atom. The van der Waals surface area contributed by atoms with E-state index in [-0.39, 0.29) is 12.4 Å². The van der Waals surface area contributed by atoms with Crippen LogP contribution in [0, 0.1) is 0 Å². The number of carbonyl (C=O) groups is 1.